The van der Waals surface area contributed by atoms with Crippen LogP contribution in [0.3, 0.4) is 0 Å². The Hall–Kier alpha value is -3.31. The Kier molecular flexibility index (Phi) is 6.76. The second kappa shape index (κ2) is 9.88. The van der Waals surface area contributed by atoms with Gasteiger partial charge in [0.1, 0.15) is 18.3 Å². The maximum atomic E-state index is 12.8. The third-order valence-electron chi connectivity index (χ3n) is 6.37. The number of amides is 1. The summed E-state index contributed by atoms with van der Waals surface area (Å²) in [5.74, 6) is 0.691. The van der Waals surface area contributed by atoms with Gasteiger partial charge in [-0.25, -0.2) is 0 Å². The van der Waals surface area contributed by atoms with Crippen LogP contribution >= 0.6 is 0 Å². The lowest BCUT2D eigenvalue weighted by atomic mass is 9.96. The fourth-order valence-electron chi connectivity index (χ4n) is 4.44. The van der Waals surface area contributed by atoms with Gasteiger partial charge in [0.05, 0.1) is 20.2 Å². The zero-order valence-corrected chi connectivity index (χ0v) is 19.1. The number of nitrogens with zero attached hydrogens (tertiary/aromatic N) is 1. The zero-order valence-electron chi connectivity index (χ0n) is 19.1. The third-order valence-corrected chi connectivity index (χ3v) is 6.37. The molecule has 0 radical (unpaired) electrons. The number of carbonyl (C=O) groups is 1. The average molecular weight is 431 g/mol. The average Bonchev–Trinajstić information content (AvgIpc) is 2.84. The third kappa shape index (κ3) is 4.94. The number of carbonyl (C=O) groups excluding carboxylic acids is 1. The van der Waals surface area contributed by atoms with Crippen molar-refractivity contribution >= 4 is 11.6 Å². The minimum absolute atomic E-state index is 0.0561. The number of benzene rings is 3. The molecule has 1 aliphatic rings. The second-order valence-electron chi connectivity index (χ2n) is 8.58. The van der Waals surface area contributed by atoms with E-state index in [1.165, 1.54) is 27.3 Å². The van der Waals surface area contributed by atoms with Gasteiger partial charge in [-0.15, -0.1) is 0 Å². The summed E-state index contributed by atoms with van der Waals surface area (Å²) in [4.78, 5) is 16.4. The molecule has 0 aliphatic carbocycles. The Balaban J connectivity index is 1.54. The number of ether oxygens (including phenoxy) is 1. The lowest BCUT2D eigenvalue weighted by Crippen LogP contribution is -3.12. The van der Waals surface area contributed by atoms with E-state index in [9.17, 15) is 4.79 Å². The molecule has 0 spiro atoms. The van der Waals surface area contributed by atoms with Gasteiger partial charge in [0.25, 0.3) is 5.91 Å². The van der Waals surface area contributed by atoms with Gasteiger partial charge in [0, 0.05) is 42.9 Å². The summed E-state index contributed by atoms with van der Waals surface area (Å²) in [6.07, 6.45) is 1.06. The minimum Gasteiger partial charge on any atom is -0.497 e. The molecule has 0 saturated heterocycles. The molecule has 1 heterocycles. The largest absolute Gasteiger partial charge is 0.497 e. The molecule has 2 N–H and O–H groups in total. The van der Waals surface area contributed by atoms with Crippen molar-refractivity contribution in [3.8, 4) is 5.75 Å². The van der Waals surface area contributed by atoms with E-state index < -0.39 is 0 Å². The number of methoxy groups -OCH3 is 1. The molecule has 5 heteroatoms. The highest BCUT2D eigenvalue weighted by Gasteiger charge is 2.29. The maximum absolute atomic E-state index is 12.8. The summed E-state index contributed by atoms with van der Waals surface area (Å²) in [5, 5.41) is 3.18. The quantitative estimate of drug-likeness (QED) is 0.606. The predicted molar refractivity (Wildman–Crippen MR) is 129 cm³/mol. The van der Waals surface area contributed by atoms with Gasteiger partial charge < -0.3 is 19.9 Å². The topological polar surface area (TPSA) is 46.0 Å². The van der Waals surface area contributed by atoms with E-state index in [0.717, 1.165) is 25.3 Å². The lowest BCUT2D eigenvalue weighted by molar-refractivity contribution is -0.945. The fourth-order valence-corrected chi connectivity index (χ4v) is 4.44. The van der Waals surface area contributed by atoms with Crippen molar-refractivity contribution in [1.82, 2.24) is 5.32 Å². The van der Waals surface area contributed by atoms with Crippen molar-refractivity contribution in [2.75, 3.05) is 39.2 Å². The Bertz CT molecular complexity index is 1050. The molecule has 5 nitrogen and oxygen atoms in total. The first-order chi connectivity index (χ1) is 15.5. The summed E-state index contributed by atoms with van der Waals surface area (Å²) >= 11 is 0. The van der Waals surface area contributed by atoms with Gasteiger partial charge in [-0.1, -0.05) is 36.4 Å². The van der Waals surface area contributed by atoms with Crippen LogP contribution in [0.1, 0.15) is 33.1 Å². The van der Waals surface area contributed by atoms with Crippen LogP contribution in [0.25, 0.3) is 0 Å². The standard InChI is InChI=1S/C27H31N3O2/c1-29(2)24-12-8-21(9-13-24)26(30-17-16-20-6-4-5-7-23(20)19-30)18-28-27(31)22-10-14-25(32-3)15-11-22/h4-15,26H,16-19H2,1-3H3,(H,28,31)/p+1/t26-/m1/s1. The highest BCUT2D eigenvalue weighted by Crippen LogP contribution is 2.19. The van der Waals surface area contributed by atoms with Gasteiger partial charge in [0.15, 0.2) is 0 Å². The second-order valence-corrected chi connectivity index (χ2v) is 8.58. The molecule has 3 aromatic rings. The van der Waals surface area contributed by atoms with Gasteiger partial charge in [0.2, 0.25) is 0 Å². The van der Waals surface area contributed by atoms with Crippen molar-refractivity contribution in [3.05, 3.63) is 95.1 Å². The normalized spacial score (nSPS) is 16.0. The summed E-state index contributed by atoms with van der Waals surface area (Å²) in [5.41, 5.74) is 5.92. The van der Waals surface area contributed by atoms with E-state index in [4.69, 9.17) is 4.74 Å². The number of nitrogens with one attached hydrogen (secondary N) is 2. The van der Waals surface area contributed by atoms with Crippen LogP contribution in [-0.2, 0) is 13.0 Å². The van der Waals surface area contributed by atoms with Crippen molar-refractivity contribution in [2.24, 2.45) is 0 Å². The predicted octanol–water partition coefficient (Wildman–Crippen LogP) is 2.87. The highest BCUT2D eigenvalue weighted by atomic mass is 16.5. The van der Waals surface area contributed by atoms with Crippen LogP contribution in [0.4, 0.5) is 5.69 Å². The smallest absolute Gasteiger partial charge is 0.251 e. The Morgan fingerprint density at radius 1 is 1.00 bits per heavy atom. The van der Waals surface area contributed by atoms with Crippen molar-refractivity contribution in [1.29, 1.82) is 0 Å². The molecule has 0 aromatic heterocycles. The Morgan fingerprint density at radius 2 is 1.69 bits per heavy atom. The fraction of sp³-hybridized carbons (Fsp3) is 0.296. The van der Waals surface area contributed by atoms with Gasteiger partial charge >= 0.3 is 0 Å². The number of quaternary nitrogens is 1. The molecular weight excluding hydrogens is 398 g/mol. The van der Waals surface area contributed by atoms with E-state index in [0.29, 0.717) is 12.1 Å². The van der Waals surface area contributed by atoms with Crippen molar-refractivity contribution < 1.29 is 14.4 Å². The van der Waals surface area contributed by atoms with E-state index in [2.05, 4.69) is 58.7 Å². The number of rotatable bonds is 7. The summed E-state index contributed by atoms with van der Waals surface area (Å²) < 4.78 is 5.20. The number of hydrogen-bond acceptors (Lipinski definition) is 3. The molecule has 4 rings (SSSR count). The zero-order chi connectivity index (χ0) is 22.5. The molecule has 1 unspecified atom stereocenters. The summed E-state index contributed by atoms with van der Waals surface area (Å²) in [7, 11) is 5.73. The van der Waals surface area contributed by atoms with E-state index in [1.54, 1.807) is 19.2 Å². The first kappa shape index (κ1) is 21.9. The first-order valence-corrected chi connectivity index (χ1v) is 11.2. The van der Waals surface area contributed by atoms with Crippen LogP contribution in [0.15, 0.2) is 72.8 Å². The Morgan fingerprint density at radius 3 is 2.34 bits per heavy atom. The van der Waals surface area contributed by atoms with Gasteiger partial charge in [-0.05, 0) is 42.0 Å². The van der Waals surface area contributed by atoms with Crippen LogP contribution in [0.5, 0.6) is 5.75 Å². The minimum atomic E-state index is -0.0561. The van der Waals surface area contributed by atoms with Crippen LogP contribution in [-0.4, -0.2) is 40.2 Å². The number of hydrogen-bond donors (Lipinski definition) is 2. The van der Waals surface area contributed by atoms with Crippen LogP contribution in [0, 0.1) is 0 Å². The van der Waals surface area contributed by atoms with E-state index in [1.807, 2.05) is 26.2 Å². The molecule has 1 amide bonds. The highest BCUT2D eigenvalue weighted by molar-refractivity contribution is 5.94. The van der Waals surface area contributed by atoms with Gasteiger partial charge in [-0.2, -0.15) is 0 Å². The molecule has 2 atom stereocenters. The molecule has 1 aliphatic heterocycles. The molecule has 3 aromatic carbocycles. The van der Waals surface area contributed by atoms with Crippen molar-refractivity contribution in [2.45, 2.75) is 19.0 Å². The SMILES string of the molecule is COc1ccc(C(=O)NC[C@H](c2ccc(N(C)C)cc2)[NH+]2CCc3ccccc3C2)cc1. The van der Waals surface area contributed by atoms with E-state index >= 15 is 0 Å². The molecule has 166 valence electrons. The molecule has 32 heavy (non-hydrogen) atoms. The Labute approximate surface area is 190 Å². The van der Waals surface area contributed by atoms with Crippen molar-refractivity contribution in [3.63, 3.8) is 0 Å². The van der Waals surface area contributed by atoms with Crippen LogP contribution < -0.4 is 19.9 Å². The first-order valence-electron chi connectivity index (χ1n) is 11.2. The van der Waals surface area contributed by atoms with E-state index in [-0.39, 0.29) is 11.9 Å². The molecular formula is C27H32N3O2+. The van der Waals surface area contributed by atoms with Crippen LogP contribution in [0.2, 0.25) is 0 Å². The molecule has 0 fully saturated rings. The number of fused-ring (bicyclic) bond motifs is 1. The maximum Gasteiger partial charge on any atom is 0.251 e. The molecule has 0 bridgehead atoms. The molecule has 0 saturated carbocycles. The number of anilines is 1. The van der Waals surface area contributed by atoms with Gasteiger partial charge in [-0.3, -0.25) is 4.79 Å². The monoisotopic (exact) mass is 430 g/mol. The summed E-state index contributed by atoms with van der Waals surface area (Å²) in [6, 6.07) is 24.9. The lowest BCUT2D eigenvalue weighted by Gasteiger charge is -2.33. The summed E-state index contributed by atoms with van der Waals surface area (Å²) in [6.45, 7) is 2.61.